The summed E-state index contributed by atoms with van der Waals surface area (Å²) in [4.78, 5) is 2.13. The summed E-state index contributed by atoms with van der Waals surface area (Å²) in [5.41, 5.74) is 0.984. The third kappa shape index (κ3) is 1.98. The number of aromatic nitrogens is 3. The maximum atomic E-state index is 3.97. The fraction of sp³-hybridized carbons (Fsp3) is 0.625. The molecular formula is C8H14N4. The molecule has 1 unspecified atom stereocenters. The summed E-state index contributed by atoms with van der Waals surface area (Å²) in [6.07, 6.45) is 2.71. The summed E-state index contributed by atoms with van der Waals surface area (Å²) in [7, 11) is 4.08. The van der Waals surface area contributed by atoms with E-state index in [-0.39, 0.29) is 0 Å². The second kappa shape index (κ2) is 4.11. The first-order valence-corrected chi connectivity index (χ1v) is 4.06. The Balaban J connectivity index is 2.80. The Morgan fingerprint density at radius 1 is 1.50 bits per heavy atom. The molecule has 0 saturated carbocycles. The lowest BCUT2D eigenvalue weighted by atomic mass is 10.1. The van der Waals surface area contributed by atoms with Gasteiger partial charge in [0.2, 0.25) is 0 Å². The summed E-state index contributed by atoms with van der Waals surface area (Å²) >= 11 is 0. The van der Waals surface area contributed by atoms with Crippen molar-refractivity contribution in [1.29, 1.82) is 0 Å². The third-order valence-electron chi connectivity index (χ3n) is 1.88. The van der Waals surface area contributed by atoms with Crippen molar-refractivity contribution in [1.82, 2.24) is 20.3 Å². The van der Waals surface area contributed by atoms with Crippen LogP contribution in [0.1, 0.15) is 25.1 Å². The van der Waals surface area contributed by atoms with E-state index in [0.29, 0.717) is 6.04 Å². The lowest BCUT2D eigenvalue weighted by Gasteiger charge is -2.20. The summed E-state index contributed by atoms with van der Waals surface area (Å²) in [5, 5.41) is 11.2. The minimum absolute atomic E-state index is 0.348. The molecule has 1 atom stereocenters. The van der Waals surface area contributed by atoms with Crippen molar-refractivity contribution in [3.05, 3.63) is 18.0 Å². The lowest BCUT2D eigenvalue weighted by molar-refractivity contribution is 0.283. The average molecular weight is 166 g/mol. The molecule has 0 aliphatic carbocycles. The van der Waals surface area contributed by atoms with Crippen LogP contribution in [0.25, 0.3) is 0 Å². The first-order valence-electron chi connectivity index (χ1n) is 4.06. The molecule has 1 aromatic heterocycles. The van der Waals surface area contributed by atoms with Gasteiger partial charge in [0.1, 0.15) is 0 Å². The minimum atomic E-state index is 0.348. The highest BCUT2D eigenvalue weighted by Gasteiger charge is 2.12. The van der Waals surface area contributed by atoms with Crippen molar-refractivity contribution in [3.63, 3.8) is 0 Å². The molecule has 0 saturated heterocycles. The van der Waals surface area contributed by atoms with Crippen LogP contribution in [0.15, 0.2) is 12.3 Å². The van der Waals surface area contributed by atoms with Crippen molar-refractivity contribution in [2.24, 2.45) is 0 Å². The van der Waals surface area contributed by atoms with Crippen molar-refractivity contribution in [2.75, 3.05) is 14.1 Å². The van der Waals surface area contributed by atoms with Gasteiger partial charge in [-0.15, -0.1) is 10.2 Å². The average Bonchev–Trinajstić information content (AvgIpc) is 2.07. The van der Waals surface area contributed by atoms with E-state index >= 15 is 0 Å². The molecule has 0 amide bonds. The first kappa shape index (κ1) is 9.06. The molecule has 0 N–H and O–H groups in total. The predicted octanol–water partition coefficient (Wildman–Crippen LogP) is 0.884. The van der Waals surface area contributed by atoms with Gasteiger partial charge in [0.05, 0.1) is 17.9 Å². The van der Waals surface area contributed by atoms with Gasteiger partial charge in [0, 0.05) is 0 Å². The molecule has 4 heteroatoms. The van der Waals surface area contributed by atoms with Gasteiger partial charge in [-0.3, -0.25) is 0 Å². The molecule has 0 spiro atoms. The Bertz CT molecular complexity index is 222. The van der Waals surface area contributed by atoms with Gasteiger partial charge in [-0.2, -0.15) is 0 Å². The SMILES string of the molecule is CCC(c1ccnnn1)N(C)C. The van der Waals surface area contributed by atoms with Crippen molar-refractivity contribution in [3.8, 4) is 0 Å². The van der Waals surface area contributed by atoms with E-state index in [4.69, 9.17) is 0 Å². The molecule has 0 aliphatic heterocycles. The van der Waals surface area contributed by atoms with Crippen LogP contribution in [0.5, 0.6) is 0 Å². The molecule has 0 bridgehead atoms. The van der Waals surface area contributed by atoms with Gasteiger partial charge in [0.15, 0.2) is 0 Å². The van der Waals surface area contributed by atoms with E-state index in [1.165, 1.54) is 0 Å². The summed E-state index contributed by atoms with van der Waals surface area (Å²) in [6, 6.07) is 2.25. The van der Waals surface area contributed by atoms with Crippen LogP contribution in [0.3, 0.4) is 0 Å². The number of rotatable bonds is 3. The molecule has 66 valence electrons. The van der Waals surface area contributed by atoms with Crippen LogP contribution in [-0.2, 0) is 0 Å². The highest BCUT2D eigenvalue weighted by molar-refractivity contribution is 5.02. The summed E-state index contributed by atoms with van der Waals surface area (Å²) < 4.78 is 0. The largest absolute Gasteiger partial charge is 0.301 e. The number of hydrogen-bond acceptors (Lipinski definition) is 4. The smallest absolute Gasteiger partial charge is 0.0835 e. The van der Waals surface area contributed by atoms with Gasteiger partial charge in [-0.05, 0) is 31.8 Å². The zero-order chi connectivity index (χ0) is 8.97. The van der Waals surface area contributed by atoms with Crippen molar-refractivity contribution < 1.29 is 0 Å². The fourth-order valence-electron chi connectivity index (χ4n) is 1.27. The third-order valence-corrected chi connectivity index (χ3v) is 1.88. The van der Waals surface area contributed by atoms with Crippen molar-refractivity contribution in [2.45, 2.75) is 19.4 Å². The molecule has 4 nitrogen and oxygen atoms in total. The van der Waals surface area contributed by atoms with Crippen LogP contribution >= 0.6 is 0 Å². The Labute approximate surface area is 72.6 Å². The van der Waals surface area contributed by atoms with E-state index in [0.717, 1.165) is 12.1 Å². The maximum absolute atomic E-state index is 3.97. The molecule has 0 radical (unpaired) electrons. The van der Waals surface area contributed by atoms with Gasteiger partial charge in [-0.25, -0.2) is 0 Å². The molecule has 12 heavy (non-hydrogen) atoms. The second-order valence-corrected chi connectivity index (χ2v) is 2.93. The van der Waals surface area contributed by atoms with E-state index in [2.05, 4.69) is 27.2 Å². The maximum Gasteiger partial charge on any atom is 0.0835 e. The number of hydrogen-bond donors (Lipinski definition) is 0. The molecular weight excluding hydrogens is 152 g/mol. The van der Waals surface area contributed by atoms with Gasteiger partial charge >= 0.3 is 0 Å². The molecule has 1 aromatic rings. The van der Waals surface area contributed by atoms with E-state index < -0.39 is 0 Å². The van der Waals surface area contributed by atoms with E-state index in [1.807, 2.05) is 20.2 Å². The van der Waals surface area contributed by atoms with Crippen LogP contribution in [0.4, 0.5) is 0 Å². The highest BCUT2D eigenvalue weighted by Crippen LogP contribution is 2.17. The monoisotopic (exact) mass is 166 g/mol. The Morgan fingerprint density at radius 3 is 2.67 bits per heavy atom. The van der Waals surface area contributed by atoms with Gasteiger partial charge in [0.25, 0.3) is 0 Å². The molecule has 0 fully saturated rings. The lowest BCUT2D eigenvalue weighted by Crippen LogP contribution is -2.20. The normalized spacial score (nSPS) is 13.3. The predicted molar refractivity (Wildman–Crippen MR) is 46.5 cm³/mol. The Hall–Kier alpha value is -1.03. The van der Waals surface area contributed by atoms with Gasteiger partial charge in [-0.1, -0.05) is 6.92 Å². The summed E-state index contributed by atoms with van der Waals surface area (Å²) in [5.74, 6) is 0. The fourth-order valence-corrected chi connectivity index (χ4v) is 1.27. The van der Waals surface area contributed by atoms with Crippen LogP contribution in [0, 0.1) is 0 Å². The zero-order valence-corrected chi connectivity index (χ0v) is 7.73. The quantitative estimate of drug-likeness (QED) is 0.668. The zero-order valence-electron chi connectivity index (χ0n) is 7.73. The second-order valence-electron chi connectivity index (χ2n) is 2.93. The molecule has 0 aromatic carbocycles. The van der Waals surface area contributed by atoms with Crippen LogP contribution in [0.2, 0.25) is 0 Å². The first-order chi connectivity index (χ1) is 5.75. The van der Waals surface area contributed by atoms with E-state index in [9.17, 15) is 0 Å². The Morgan fingerprint density at radius 2 is 2.25 bits per heavy atom. The van der Waals surface area contributed by atoms with Gasteiger partial charge < -0.3 is 4.90 Å². The standard InChI is InChI=1S/C8H14N4/c1-4-8(12(2)3)7-5-6-9-11-10-7/h5-6,8H,4H2,1-3H3. The highest BCUT2D eigenvalue weighted by atomic mass is 15.3. The van der Waals surface area contributed by atoms with Crippen LogP contribution < -0.4 is 0 Å². The molecule has 1 heterocycles. The van der Waals surface area contributed by atoms with Crippen LogP contribution in [-0.4, -0.2) is 34.4 Å². The molecule has 0 aliphatic rings. The van der Waals surface area contributed by atoms with Crippen molar-refractivity contribution >= 4 is 0 Å². The topological polar surface area (TPSA) is 41.9 Å². The number of nitrogens with zero attached hydrogens (tertiary/aromatic N) is 4. The minimum Gasteiger partial charge on any atom is -0.301 e. The molecule has 1 rings (SSSR count). The Kier molecular flexibility index (Phi) is 3.10. The van der Waals surface area contributed by atoms with E-state index in [1.54, 1.807) is 6.20 Å². The summed E-state index contributed by atoms with van der Waals surface area (Å²) in [6.45, 7) is 2.13.